The molecule has 1 aromatic carbocycles. The summed E-state index contributed by atoms with van der Waals surface area (Å²) in [6, 6.07) is 5.37. The minimum absolute atomic E-state index is 0.00684. The van der Waals surface area contributed by atoms with Crippen molar-refractivity contribution in [2.45, 2.75) is 43.5 Å². The van der Waals surface area contributed by atoms with E-state index in [4.69, 9.17) is 16.3 Å². The van der Waals surface area contributed by atoms with E-state index in [9.17, 15) is 18.3 Å². The number of aromatic amines is 1. The molecule has 3 N–H and O–H groups in total. The molecular formula is C21H27BrClN3O5S. The summed E-state index contributed by atoms with van der Waals surface area (Å²) in [6.45, 7) is 1.90. The van der Waals surface area contributed by atoms with E-state index in [0.29, 0.717) is 42.7 Å². The molecule has 0 spiro atoms. The van der Waals surface area contributed by atoms with Crippen LogP contribution in [-0.4, -0.2) is 60.4 Å². The minimum Gasteiger partial charge on any atom is -0.496 e. The average molecular weight is 549 g/mol. The molecule has 0 bridgehead atoms. The zero-order chi connectivity index (χ0) is 23.7. The largest absolute Gasteiger partial charge is 0.496 e. The van der Waals surface area contributed by atoms with Crippen molar-refractivity contribution in [1.82, 2.24) is 15.5 Å². The first kappa shape index (κ1) is 25.0. The third-order valence-electron chi connectivity index (χ3n) is 6.21. The van der Waals surface area contributed by atoms with Crippen molar-refractivity contribution in [1.29, 1.82) is 0 Å². The summed E-state index contributed by atoms with van der Waals surface area (Å²) in [6.07, 6.45) is 2.87. The molecule has 11 heteroatoms. The number of H-pyrrole nitrogens is 1. The fourth-order valence-electron chi connectivity index (χ4n) is 4.28. The lowest BCUT2D eigenvalue weighted by Crippen LogP contribution is -2.52. The molecule has 3 rings (SSSR count). The lowest BCUT2D eigenvalue weighted by Gasteiger charge is -2.42. The van der Waals surface area contributed by atoms with Crippen molar-refractivity contribution in [2.24, 2.45) is 5.92 Å². The lowest BCUT2D eigenvalue weighted by atomic mass is 9.73. The van der Waals surface area contributed by atoms with Gasteiger partial charge >= 0.3 is 0 Å². The molecule has 0 saturated heterocycles. The summed E-state index contributed by atoms with van der Waals surface area (Å²) in [5.41, 5.74) is -0.108. The van der Waals surface area contributed by atoms with E-state index in [1.54, 1.807) is 12.1 Å². The minimum atomic E-state index is -3.17. The maximum absolute atomic E-state index is 12.8. The fourth-order valence-corrected chi connectivity index (χ4v) is 6.02. The summed E-state index contributed by atoms with van der Waals surface area (Å²) in [5.74, 6) is -0.197. The molecule has 0 radical (unpaired) electrons. The van der Waals surface area contributed by atoms with Crippen molar-refractivity contribution in [2.75, 3.05) is 19.9 Å². The molecule has 1 aliphatic carbocycles. The van der Waals surface area contributed by atoms with E-state index in [1.807, 2.05) is 13.0 Å². The molecule has 1 unspecified atom stereocenters. The summed E-state index contributed by atoms with van der Waals surface area (Å²) < 4.78 is 30.1. The van der Waals surface area contributed by atoms with Gasteiger partial charge in [-0.25, -0.2) is 8.42 Å². The average Bonchev–Trinajstić information content (AvgIpc) is 3.12. The highest BCUT2D eigenvalue weighted by Gasteiger charge is 2.44. The topological polar surface area (TPSA) is 121 Å². The number of benzene rings is 1. The van der Waals surface area contributed by atoms with Crippen LogP contribution in [0, 0.1) is 5.92 Å². The smallest absolute Gasteiger partial charge is 0.270 e. The lowest BCUT2D eigenvalue weighted by molar-refractivity contribution is -0.0455. The summed E-state index contributed by atoms with van der Waals surface area (Å²) in [5, 5.41) is 20.4. The molecule has 1 aliphatic rings. The van der Waals surface area contributed by atoms with Crippen LogP contribution in [0.5, 0.6) is 5.75 Å². The van der Waals surface area contributed by atoms with Crippen molar-refractivity contribution in [3.05, 3.63) is 33.4 Å². The van der Waals surface area contributed by atoms with Crippen molar-refractivity contribution in [3.8, 4) is 17.0 Å². The van der Waals surface area contributed by atoms with E-state index >= 15 is 0 Å². The molecule has 1 heterocycles. The fraction of sp³-hybridized carbons (Fsp3) is 0.524. The Bertz CT molecular complexity index is 1110. The number of sulfone groups is 1. The predicted molar refractivity (Wildman–Crippen MR) is 127 cm³/mol. The van der Waals surface area contributed by atoms with Crippen LogP contribution in [0.4, 0.5) is 0 Å². The second kappa shape index (κ2) is 9.70. The Hall–Kier alpha value is -1.62. The summed E-state index contributed by atoms with van der Waals surface area (Å²) in [4.78, 5) is 12.8. The van der Waals surface area contributed by atoms with Gasteiger partial charge in [0.1, 0.15) is 27.0 Å². The number of methoxy groups -OCH3 is 1. The highest BCUT2D eigenvalue weighted by Crippen LogP contribution is 2.39. The van der Waals surface area contributed by atoms with Crippen LogP contribution in [0.1, 0.15) is 43.1 Å². The number of hydrogen-bond acceptors (Lipinski definition) is 6. The van der Waals surface area contributed by atoms with Crippen LogP contribution in [0.15, 0.2) is 22.7 Å². The van der Waals surface area contributed by atoms with Crippen LogP contribution >= 0.6 is 27.5 Å². The van der Waals surface area contributed by atoms with Gasteiger partial charge in [-0.3, -0.25) is 9.89 Å². The molecule has 1 saturated carbocycles. The van der Waals surface area contributed by atoms with Gasteiger partial charge in [-0.05, 0) is 43.4 Å². The van der Waals surface area contributed by atoms with E-state index in [0.717, 1.165) is 4.47 Å². The van der Waals surface area contributed by atoms with Crippen molar-refractivity contribution in [3.63, 3.8) is 0 Å². The second-order valence-corrected chi connectivity index (χ2v) is 11.8. The maximum atomic E-state index is 12.8. The molecule has 1 aromatic heterocycles. The number of nitrogens with one attached hydrogen (secondary N) is 2. The number of nitrogens with zero attached hydrogens (tertiary/aromatic N) is 1. The van der Waals surface area contributed by atoms with Gasteiger partial charge in [0.05, 0.1) is 23.0 Å². The van der Waals surface area contributed by atoms with Gasteiger partial charge in [-0.2, -0.15) is 5.10 Å². The number of carbonyl (C=O) groups is 1. The molecular weight excluding hydrogens is 522 g/mol. The standard InChI is InChI=1S/C21H27BrClN3O5S/c1-4-12-9-14(32(3,29)30)7-8-21(12,28)11-24-20(27)19-17(23)18(25-26-19)15-6-5-13(22)10-16(15)31-2/h5-6,10,12,14,28H,4,7-9,11H2,1-3H3,(H,24,27)(H,25,26)/t12?,14-,21+/m0/s1. The maximum Gasteiger partial charge on any atom is 0.270 e. The molecule has 1 fully saturated rings. The quantitative estimate of drug-likeness (QED) is 0.486. The number of amides is 1. The highest BCUT2D eigenvalue weighted by molar-refractivity contribution is 9.10. The van der Waals surface area contributed by atoms with Crippen LogP contribution < -0.4 is 10.1 Å². The van der Waals surface area contributed by atoms with Crippen LogP contribution in [0.3, 0.4) is 0 Å². The van der Waals surface area contributed by atoms with E-state index in [-0.39, 0.29) is 23.2 Å². The SMILES string of the molecule is CCC1C[C@@H](S(C)(=O)=O)CC[C@@]1(O)CNC(=O)c1[nH]nc(-c2ccc(Br)cc2OC)c1Cl. The van der Waals surface area contributed by atoms with Gasteiger partial charge in [0.15, 0.2) is 0 Å². The first-order valence-corrected chi connectivity index (χ1v) is 13.4. The van der Waals surface area contributed by atoms with Crippen LogP contribution in [0.25, 0.3) is 11.3 Å². The van der Waals surface area contributed by atoms with Crippen molar-refractivity contribution < 1.29 is 23.1 Å². The Balaban J connectivity index is 1.75. The zero-order valence-corrected chi connectivity index (χ0v) is 21.3. The zero-order valence-electron chi connectivity index (χ0n) is 18.1. The molecule has 3 atom stereocenters. The molecule has 32 heavy (non-hydrogen) atoms. The van der Waals surface area contributed by atoms with Gasteiger partial charge in [-0.15, -0.1) is 0 Å². The predicted octanol–water partition coefficient (Wildman–Crippen LogP) is 3.59. The monoisotopic (exact) mass is 547 g/mol. The second-order valence-electron chi connectivity index (χ2n) is 8.22. The van der Waals surface area contributed by atoms with Gasteiger partial charge in [0, 0.05) is 22.8 Å². The van der Waals surface area contributed by atoms with Crippen LogP contribution in [-0.2, 0) is 9.84 Å². The third kappa shape index (κ3) is 5.13. The van der Waals surface area contributed by atoms with Crippen LogP contribution in [0.2, 0.25) is 5.02 Å². The Morgan fingerprint density at radius 1 is 1.47 bits per heavy atom. The van der Waals surface area contributed by atoms with E-state index in [1.165, 1.54) is 13.4 Å². The Kier molecular flexibility index (Phi) is 7.59. The van der Waals surface area contributed by atoms with Gasteiger partial charge < -0.3 is 15.2 Å². The van der Waals surface area contributed by atoms with Gasteiger partial charge in [0.25, 0.3) is 5.91 Å². The summed E-state index contributed by atoms with van der Waals surface area (Å²) in [7, 11) is -1.64. The van der Waals surface area contributed by atoms with Gasteiger partial charge in [0.2, 0.25) is 0 Å². The Morgan fingerprint density at radius 2 is 2.19 bits per heavy atom. The number of rotatable bonds is 7. The number of aliphatic hydroxyl groups is 1. The summed E-state index contributed by atoms with van der Waals surface area (Å²) >= 11 is 9.84. The normalized spacial score (nSPS) is 23.7. The van der Waals surface area contributed by atoms with Gasteiger partial charge in [-0.1, -0.05) is 40.9 Å². The van der Waals surface area contributed by atoms with E-state index in [2.05, 4.69) is 31.4 Å². The number of hydrogen-bond donors (Lipinski definition) is 3. The van der Waals surface area contributed by atoms with E-state index < -0.39 is 26.6 Å². The third-order valence-corrected chi connectivity index (χ3v) is 8.71. The first-order chi connectivity index (χ1) is 15.0. The molecule has 176 valence electrons. The number of aromatic nitrogens is 2. The molecule has 1 amide bonds. The number of halogens is 2. The molecule has 2 aromatic rings. The molecule has 8 nitrogen and oxygen atoms in total. The molecule has 0 aliphatic heterocycles. The highest BCUT2D eigenvalue weighted by atomic mass is 79.9. The Labute approximate surface area is 201 Å². The Morgan fingerprint density at radius 3 is 2.81 bits per heavy atom. The first-order valence-electron chi connectivity index (χ1n) is 10.3. The number of carbonyl (C=O) groups excluding carboxylic acids is 1. The number of ether oxygens (including phenoxy) is 1. The van der Waals surface area contributed by atoms with Crippen molar-refractivity contribution >= 4 is 43.3 Å².